The van der Waals surface area contributed by atoms with Gasteiger partial charge < -0.3 is 16.0 Å². The Morgan fingerprint density at radius 1 is 1.30 bits per heavy atom. The molecule has 118 valence electrons. The lowest BCUT2D eigenvalue weighted by Gasteiger charge is -2.10. The number of halogens is 3. The molecule has 4 N–H and O–H groups in total. The fourth-order valence-electron chi connectivity index (χ4n) is 2.47. The molecule has 23 heavy (non-hydrogen) atoms. The van der Waals surface area contributed by atoms with Crippen molar-refractivity contribution in [1.29, 1.82) is 0 Å². The number of carbonyl (C=O) groups is 1. The molecule has 0 radical (unpaired) electrons. The fourth-order valence-corrected chi connectivity index (χ4v) is 2.71. The third-order valence-electron chi connectivity index (χ3n) is 3.61. The van der Waals surface area contributed by atoms with Gasteiger partial charge in [0, 0.05) is 23.6 Å². The summed E-state index contributed by atoms with van der Waals surface area (Å²) in [5, 5.41) is 1.95. The molecular weight excluding hydrogens is 328 g/mol. The van der Waals surface area contributed by atoms with Gasteiger partial charge in [-0.2, -0.15) is 0 Å². The highest BCUT2D eigenvalue weighted by Crippen LogP contribution is 2.31. The second kappa shape index (κ2) is 5.20. The molecule has 1 heterocycles. The van der Waals surface area contributed by atoms with Crippen molar-refractivity contribution in [3.8, 4) is 0 Å². The SMILES string of the molecule is CNc1ccc2[nH]c3c(Cl)c(F)c(C(N)=O)c(F)c3c(=O)c2c1. The number of benzene rings is 2. The van der Waals surface area contributed by atoms with E-state index < -0.39 is 38.9 Å². The number of aromatic nitrogens is 1. The normalized spacial score (nSPS) is 11.1. The Kier molecular flexibility index (Phi) is 3.45. The number of hydrogen-bond donors (Lipinski definition) is 3. The van der Waals surface area contributed by atoms with Crippen LogP contribution in [0.3, 0.4) is 0 Å². The number of anilines is 1. The summed E-state index contributed by atoms with van der Waals surface area (Å²) in [7, 11) is 1.66. The van der Waals surface area contributed by atoms with Crippen molar-refractivity contribution in [2.75, 3.05) is 12.4 Å². The average Bonchev–Trinajstić information content (AvgIpc) is 2.52. The number of amides is 1. The molecule has 0 aliphatic heterocycles. The number of carbonyl (C=O) groups excluding carboxylic acids is 1. The van der Waals surface area contributed by atoms with E-state index in [0.29, 0.717) is 11.2 Å². The summed E-state index contributed by atoms with van der Waals surface area (Å²) in [5.41, 5.74) is 4.00. The Labute approximate surface area is 133 Å². The highest BCUT2D eigenvalue weighted by molar-refractivity contribution is 6.36. The van der Waals surface area contributed by atoms with Crippen molar-refractivity contribution < 1.29 is 13.6 Å². The molecule has 0 atom stereocenters. The Balaban J connectivity index is 2.60. The Morgan fingerprint density at radius 2 is 2.00 bits per heavy atom. The summed E-state index contributed by atoms with van der Waals surface area (Å²) >= 11 is 5.85. The van der Waals surface area contributed by atoms with Gasteiger partial charge in [0.15, 0.2) is 17.1 Å². The quantitative estimate of drug-likeness (QED) is 0.496. The first-order chi connectivity index (χ1) is 10.9. The van der Waals surface area contributed by atoms with Crippen LogP contribution in [0.5, 0.6) is 0 Å². The first kappa shape index (κ1) is 15.2. The molecule has 1 amide bonds. The van der Waals surface area contributed by atoms with Gasteiger partial charge in [0.05, 0.1) is 10.9 Å². The number of fused-ring (bicyclic) bond motifs is 2. The van der Waals surface area contributed by atoms with Crippen LogP contribution in [0.2, 0.25) is 5.02 Å². The van der Waals surface area contributed by atoms with Crippen LogP contribution in [0.4, 0.5) is 14.5 Å². The third-order valence-corrected chi connectivity index (χ3v) is 3.96. The van der Waals surface area contributed by atoms with Gasteiger partial charge in [0.25, 0.3) is 5.91 Å². The number of primary amides is 1. The molecule has 1 aromatic heterocycles. The zero-order valence-corrected chi connectivity index (χ0v) is 12.5. The largest absolute Gasteiger partial charge is 0.388 e. The zero-order valence-electron chi connectivity index (χ0n) is 11.8. The van der Waals surface area contributed by atoms with E-state index in [1.807, 2.05) is 0 Å². The number of rotatable bonds is 2. The van der Waals surface area contributed by atoms with Crippen molar-refractivity contribution in [3.05, 3.63) is 50.6 Å². The van der Waals surface area contributed by atoms with Crippen molar-refractivity contribution in [1.82, 2.24) is 4.98 Å². The van der Waals surface area contributed by atoms with Crippen molar-refractivity contribution in [2.45, 2.75) is 0 Å². The third kappa shape index (κ3) is 2.12. The molecule has 0 aliphatic carbocycles. The van der Waals surface area contributed by atoms with Crippen LogP contribution in [0, 0.1) is 11.6 Å². The second-order valence-electron chi connectivity index (χ2n) is 4.90. The lowest BCUT2D eigenvalue weighted by Crippen LogP contribution is -2.19. The van der Waals surface area contributed by atoms with E-state index in [2.05, 4.69) is 10.3 Å². The van der Waals surface area contributed by atoms with Gasteiger partial charge >= 0.3 is 0 Å². The van der Waals surface area contributed by atoms with Gasteiger partial charge in [-0.25, -0.2) is 8.78 Å². The molecule has 0 fully saturated rings. The molecule has 3 aromatic rings. The van der Waals surface area contributed by atoms with Crippen LogP contribution < -0.4 is 16.5 Å². The van der Waals surface area contributed by atoms with E-state index in [4.69, 9.17) is 17.3 Å². The average molecular weight is 338 g/mol. The highest BCUT2D eigenvalue weighted by atomic mass is 35.5. The van der Waals surface area contributed by atoms with E-state index in [1.54, 1.807) is 19.2 Å². The number of H-pyrrole nitrogens is 1. The maximum absolute atomic E-state index is 14.5. The predicted molar refractivity (Wildman–Crippen MR) is 85.1 cm³/mol. The monoisotopic (exact) mass is 337 g/mol. The molecule has 0 unspecified atom stereocenters. The number of aromatic amines is 1. The van der Waals surface area contributed by atoms with Crippen LogP contribution >= 0.6 is 11.6 Å². The van der Waals surface area contributed by atoms with Gasteiger partial charge in [0.2, 0.25) is 0 Å². The molecule has 5 nitrogen and oxygen atoms in total. The zero-order chi connectivity index (χ0) is 16.9. The van der Waals surface area contributed by atoms with Gasteiger partial charge in [-0.1, -0.05) is 11.6 Å². The van der Waals surface area contributed by atoms with Crippen molar-refractivity contribution >= 4 is 45.0 Å². The lowest BCUT2D eigenvalue weighted by atomic mass is 10.0. The minimum absolute atomic E-state index is 0.168. The summed E-state index contributed by atoms with van der Waals surface area (Å²) < 4.78 is 28.6. The lowest BCUT2D eigenvalue weighted by molar-refractivity contribution is 0.0992. The van der Waals surface area contributed by atoms with E-state index in [-0.39, 0.29) is 10.9 Å². The minimum Gasteiger partial charge on any atom is -0.388 e. The maximum atomic E-state index is 14.5. The molecule has 0 spiro atoms. The predicted octanol–water partition coefficient (Wildman–Crippen LogP) is 2.75. The van der Waals surface area contributed by atoms with Crippen LogP contribution in [0.25, 0.3) is 21.8 Å². The number of nitrogens with two attached hydrogens (primary N) is 1. The standard InChI is InChI=1S/C15H10ClF2N3O2/c1-20-5-2-3-7-6(4-5)14(22)9-11(17)8(15(19)23)12(18)10(16)13(9)21-7/h2-4,20H,1H3,(H2,19,23)(H,21,22). The van der Waals surface area contributed by atoms with Gasteiger partial charge in [-0.3, -0.25) is 9.59 Å². The van der Waals surface area contributed by atoms with Gasteiger partial charge in [0.1, 0.15) is 10.6 Å². The van der Waals surface area contributed by atoms with Gasteiger partial charge in [-0.15, -0.1) is 0 Å². The van der Waals surface area contributed by atoms with Crippen molar-refractivity contribution in [3.63, 3.8) is 0 Å². The Morgan fingerprint density at radius 3 is 2.61 bits per heavy atom. The number of hydrogen-bond acceptors (Lipinski definition) is 3. The summed E-state index contributed by atoms with van der Waals surface area (Å²) in [5.74, 6) is -3.97. The van der Waals surface area contributed by atoms with Gasteiger partial charge in [-0.05, 0) is 18.2 Å². The molecule has 8 heteroatoms. The summed E-state index contributed by atoms with van der Waals surface area (Å²) in [6.45, 7) is 0. The van der Waals surface area contributed by atoms with Crippen LogP contribution in [0.1, 0.15) is 10.4 Å². The number of nitrogens with one attached hydrogen (secondary N) is 2. The van der Waals surface area contributed by atoms with Crippen molar-refractivity contribution in [2.24, 2.45) is 5.73 Å². The first-order valence-electron chi connectivity index (χ1n) is 6.50. The molecule has 2 aromatic carbocycles. The minimum atomic E-state index is -1.34. The smallest absolute Gasteiger partial charge is 0.254 e. The van der Waals surface area contributed by atoms with Crippen LogP contribution in [-0.4, -0.2) is 17.9 Å². The Hall–Kier alpha value is -2.67. The number of pyridine rings is 1. The topological polar surface area (TPSA) is 88.0 Å². The van der Waals surface area contributed by atoms with E-state index in [9.17, 15) is 18.4 Å². The van der Waals surface area contributed by atoms with Crippen LogP contribution in [0.15, 0.2) is 23.0 Å². The summed E-state index contributed by atoms with van der Waals surface area (Å²) in [6, 6.07) is 4.77. The van der Waals surface area contributed by atoms with Crippen LogP contribution in [-0.2, 0) is 0 Å². The van der Waals surface area contributed by atoms with E-state index >= 15 is 0 Å². The maximum Gasteiger partial charge on any atom is 0.254 e. The highest BCUT2D eigenvalue weighted by Gasteiger charge is 2.25. The molecule has 3 rings (SSSR count). The molecule has 0 bridgehead atoms. The van der Waals surface area contributed by atoms with E-state index in [0.717, 1.165) is 0 Å². The summed E-state index contributed by atoms with van der Waals surface area (Å²) in [4.78, 5) is 26.6. The van der Waals surface area contributed by atoms with E-state index in [1.165, 1.54) is 6.07 Å². The fraction of sp³-hybridized carbons (Fsp3) is 0.0667. The Bertz CT molecular complexity index is 1050. The summed E-state index contributed by atoms with van der Waals surface area (Å²) in [6.07, 6.45) is 0. The molecule has 0 saturated heterocycles. The first-order valence-corrected chi connectivity index (χ1v) is 6.88. The molecule has 0 aliphatic rings. The molecule has 0 saturated carbocycles. The molecular formula is C15H10ClF2N3O2. The second-order valence-corrected chi connectivity index (χ2v) is 5.27.